The lowest BCUT2D eigenvalue weighted by Crippen LogP contribution is -2.35. The molecule has 1 saturated heterocycles. The van der Waals surface area contributed by atoms with E-state index in [-0.39, 0.29) is 0 Å². The smallest absolute Gasteiger partial charge is 0.0401 e. The highest BCUT2D eigenvalue weighted by Gasteiger charge is 2.26. The molecule has 0 aromatic heterocycles. The Morgan fingerprint density at radius 3 is 2.77 bits per heavy atom. The van der Waals surface area contributed by atoms with Gasteiger partial charge in [0.1, 0.15) is 0 Å². The van der Waals surface area contributed by atoms with E-state index in [2.05, 4.69) is 66.5 Å². The molecule has 0 radical (unpaired) electrons. The van der Waals surface area contributed by atoms with Crippen LogP contribution in [0.1, 0.15) is 73.6 Å². The van der Waals surface area contributed by atoms with Gasteiger partial charge in [-0.3, -0.25) is 0 Å². The van der Waals surface area contributed by atoms with Gasteiger partial charge in [0.05, 0.1) is 0 Å². The Hall–Kier alpha value is -1.80. The van der Waals surface area contributed by atoms with Crippen LogP contribution in [0.15, 0.2) is 42.5 Å². The number of aryl methyl sites for hydroxylation is 3. The molecular weight excluding hydrogens is 364 g/mol. The fourth-order valence-corrected chi connectivity index (χ4v) is 5.47. The van der Waals surface area contributed by atoms with Gasteiger partial charge >= 0.3 is 0 Å². The molecule has 162 valence electrons. The van der Waals surface area contributed by atoms with E-state index in [1.165, 1.54) is 81.3 Å². The zero-order valence-electron chi connectivity index (χ0n) is 19.1. The quantitative estimate of drug-likeness (QED) is 0.522. The molecule has 1 N–H and O–H groups in total. The molecule has 2 aliphatic rings. The Morgan fingerprint density at radius 2 is 1.93 bits per heavy atom. The summed E-state index contributed by atoms with van der Waals surface area (Å²) in [5.41, 5.74) is 7.54. The fraction of sp³-hybridized carbons (Fsp3) is 0.571. The minimum atomic E-state index is 0.704. The highest BCUT2D eigenvalue weighted by molar-refractivity contribution is 5.57. The van der Waals surface area contributed by atoms with Crippen LogP contribution in [0.5, 0.6) is 0 Å². The highest BCUT2D eigenvalue weighted by atomic mass is 15.1. The maximum atomic E-state index is 3.66. The summed E-state index contributed by atoms with van der Waals surface area (Å²) in [6.07, 6.45) is 10.3. The summed E-state index contributed by atoms with van der Waals surface area (Å²) in [5.74, 6) is 1.44. The second kappa shape index (κ2) is 10.5. The third-order valence-corrected chi connectivity index (χ3v) is 7.31. The molecule has 0 spiro atoms. The number of benzene rings is 2. The van der Waals surface area contributed by atoms with Crippen molar-refractivity contribution < 1.29 is 0 Å². The van der Waals surface area contributed by atoms with Crippen LogP contribution in [0, 0.1) is 12.8 Å². The van der Waals surface area contributed by atoms with E-state index in [1.54, 1.807) is 11.1 Å². The van der Waals surface area contributed by atoms with Gasteiger partial charge in [0.2, 0.25) is 0 Å². The molecule has 2 aromatic rings. The Labute approximate surface area is 184 Å². The number of hydrogen-bond donors (Lipinski definition) is 1. The van der Waals surface area contributed by atoms with Crippen molar-refractivity contribution in [1.82, 2.24) is 5.32 Å². The van der Waals surface area contributed by atoms with Crippen LogP contribution in [-0.4, -0.2) is 26.2 Å². The van der Waals surface area contributed by atoms with Gasteiger partial charge in [-0.25, -0.2) is 0 Å². The molecule has 0 aliphatic carbocycles. The molecule has 2 aliphatic heterocycles. The molecule has 2 heterocycles. The number of piperidine rings is 1. The first-order valence-electron chi connectivity index (χ1n) is 12.4. The van der Waals surface area contributed by atoms with Crippen LogP contribution in [-0.2, 0) is 12.8 Å². The topological polar surface area (TPSA) is 15.3 Å². The first-order valence-corrected chi connectivity index (χ1v) is 12.4. The lowest BCUT2D eigenvalue weighted by atomic mass is 9.78. The van der Waals surface area contributed by atoms with Gasteiger partial charge in [0, 0.05) is 18.8 Å². The first kappa shape index (κ1) is 21.4. The maximum Gasteiger partial charge on any atom is 0.0401 e. The Kier molecular flexibility index (Phi) is 7.49. The van der Waals surface area contributed by atoms with Gasteiger partial charge in [-0.15, -0.1) is 0 Å². The van der Waals surface area contributed by atoms with Crippen LogP contribution in [0.4, 0.5) is 5.69 Å². The van der Waals surface area contributed by atoms with Crippen molar-refractivity contribution in [3.05, 3.63) is 64.7 Å². The van der Waals surface area contributed by atoms with Crippen LogP contribution in [0.2, 0.25) is 0 Å². The van der Waals surface area contributed by atoms with Gasteiger partial charge in [-0.2, -0.15) is 0 Å². The standard InChI is InChI=1S/C28H40N2/c1-3-4-5-18-30-19-6-7-25-14-10-23(20-28(25)30)11-15-26-21-29-17-16-27(26)24-12-8-22(2)9-13-24/h8-10,12-14,20,26-27,29H,3-7,11,15-19,21H2,1-2H3/t26-,27?/m0/s1. The molecule has 2 heteroatoms. The van der Waals surface area contributed by atoms with Crippen molar-refractivity contribution in [2.24, 2.45) is 5.92 Å². The molecule has 2 atom stereocenters. The number of nitrogens with one attached hydrogen (secondary N) is 1. The van der Waals surface area contributed by atoms with Crippen molar-refractivity contribution in [2.75, 3.05) is 31.1 Å². The van der Waals surface area contributed by atoms with Gasteiger partial charge in [0.15, 0.2) is 0 Å². The van der Waals surface area contributed by atoms with E-state index in [9.17, 15) is 0 Å². The third kappa shape index (κ3) is 5.27. The predicted molar refractivity (Wildman–Crippen MR) is 130 cm³/mol. The van der Waals surface area contributed by atoms with Crippen molar-refractivity contribution in [2.45, 2.75) is 71.1 Å². The Balaban J connectivity index is 1.42. The Bertz CT molecular complexity index is 795. The van der Waals surface area contributed by atoms with Crippen molar-refractivity contribution in [3.63, 3.8) is 0 Å². The van der Waals surface area contributed by atoms with Gasteiger partial charge in [-0.1, -0.05) is 61.7 Å². The number of nitrogens with zero attached hydrogens (tertiary/aromatic N) is 1. The molecule has 4 rings (SSSR count). The average Bonchev–Trinajstić information content (AvgIpc) is 2.79. The van der Waals surface area contributed by atoms with Gasteiger partial charge in [0.25, 0.3) is 0 Å². The molecule has 2 aromatic carbocycles. The summed E-state index contributed by atoms with van der Waals surface area (Å²) < 4.78 is 0. The van der Waals surface area contributed by atoms with E-state index in [1.807, 2.05) is 0 Å². The molecule has 2 nitrogen and oxygen atoms in total. The van der Waals surface area contributed by atoms with Crippen LogP contribution >= 0.6 is 0 Å². The Morgan fingerprint density at radius 1 is 1.07 bits per heavy atom. The predicted octanol–water partition coefficient (Wildman–Crippen LogP) is 6.26. The summed E-state index contributed by atoms with van der Waals surface area (Å²) in [6.45, 7) is 9.26. The molecular formula is C28H40N2. The van der Waals surface area contributed by atoms with Crippen LogP contribution < -0.4 is 10.2 Å². The van der Waals surface area contributed by atoms with Crippen LogP contribution in [0.3, 0.4) is 0 Å². The van der Waals surface area contributed by atoms with Crippen molar-refractivity contribution in [1.29, 1.82) is 0 Å². The van der Waals surface area contributed by atoms with Crippen LogP contribution in [0.25, 0.3) is 0 Å². The van der Waals surface area contributed by atoms with Crippen molar-refractivity contribution >= 4 is 5.69 Å². The number of rotatable bonds is 8. The molecule has 30 heavy (non-hydrogen) atoms. The SMILES string of the molecule is CCCCCN1CCCc2ccc(CC[C@H]3CNCCC3c3ccc(C)cc3)cc21. The number of hydrogen-bond acceptors (Lipinski definition) is 2. The number of unbranched alkanes of at least 4 members (excludes halogenated alkanes) is 2. The van der Waals surface area contributed by atoms with E-state index in [0.717, 1.165) is 19.0 Å². The normalized spacial score (nSPS) is 21.5. The second-order valence-corrected chi connectivity index (χ2v) is 9.57. The van der Waals surface area contributed by atoms with Gasteiger partial charge < -0.3 is 10.2 Å². The minimum absolute atomic E-state index is 0.704. The minimum Gasteiger partial charge on any atom is -0.371 e. The monoisotopic (exact) mass is 404 g/mol. The third-order valence-electron chi connectivity index (χ3n) is 7.31. The fourth-order valence-electron chi connectivity index (χ4n) is 5.47. The van der Waals surface area contributed by atoms with E-state index in [0.29, 0.717) is 5.92 Å². The number of fused-ring (bicyclic) bond motifs is 1. The second-order valence-electron chi connectivity index (χ2n) is 9.57. The molecule has 0 bridgehead atoms. The number of anilines is 1. The van der Waals surface area contributed by atoms with E-state index >= 15 is 0 Å². The molecule has 0 amide bonds. The largest absolute Gasteiger partial charge is 0.371 e. The maximum absolute atomic E-state index is 3.66. The summed E-state index contributed by atoms with van der Waals surface area (Å²) in [5, 5.41) is 3.66. The summed E-state index contributed by atoms with van der Waals surface area (Å²) in [6, 6.07) is 16.7. The summed E-state index contributed by atoms with van der Waals surface area (Å²) >= 11 is 0. The van der Waals surface area contributed by atoms with E-state index < -0.39 is 0 Å². The lowest BCUT2D eigenvalue weighted by Gasteiger charge is -2.33. The zero-order valence-corrected chi connectivity index (χ0v) is 19.1. The van der Waals surface area contributed by atoms with Crippen molar-refractivity contribution in [3.8, 4) is 0 Å². The summed E-state index contributed by atoms with van der Waals surface area (Å²) in [7, 11) is 0. The molecule has 0 saturated carbocycles. The molecule has 1 fully saturated rings. The zero-order chi connectivity index (χ0) is 20.8. The highest BCUT2D eigenvalue weighted by Crippen LogP contribution is 2.34. The average molecular weight is 405 g/mol. The van der Waals surface area contributed by atoms with E-state index in [4.69, 9.17) is 0 Å². The molecule has 1 unspecified atom stereocenters. The lowest BCUT2D eigenvalue weighted by molar-refractivity contribution is 0.309. The first-order chi connectivity index (χ1) is 14.7. The van der Waals surface area contributed by atoms with Gasteiger partial charge in [-0.05, 0) is 93.1 Å². The summed E-state index contributed by atoms with van der Waals surface area (Å²) in [4.78, 5) is 2.66.